The van der Waals surface area contributed by atoms with Crippen molar-refractivity contribution in [3.05, 3.63) is 59.9 Å². The van der Waals surface area contributed by atoms with Crippen molar-refractivity contribution in [2.75, 3.05) is 0 Å². The SMILES string of the molecule is Cc1cccc([C@H]2C=CC=CO2)c1. The predicted molar refractivity (Wildman–Crippen MR) is 53.3 cm³/mol. The van der Waals surface area contributed by atoms with Crippen LogP contribution in [0.2, 0.25) is 0 Å². The second kappa shape index (κ2) is 3.48. The van der Waals surface area contributed by atoms with E-state index in [2.05, 4.69) is 37.3 Å². The van der Waals surface area contributed by atoms with Crippen LogP contribution in [0.3, 0.4) is 0 Å². The van der Waals surface area contributed by atoms with E-state index in [4.69, 9.17) is 4.74 Å². The van der Waals surface area contributed by atoms with Crippen molar-refractivity contribution in [2.24, 2.45) is 0 Å². The Morgan fingerprint density at radius 2 is 2.15 bits per heavy atom. The molecule has 0 amide bonds. The quantitative estimate of drug-likeness (QED) is 0.632. The number of benzene rings is 1. The van der Waals surface area contributed by atoms with Gasteiger partial charge in [-0.15, -0.1) is 0 Å². The lowest BCUT2D eigenvalue weighted by atomic mass is 10.1. The maximum atomic E-state index is 5.45. The Labute approximate surface area is 78.3 Å². The average molecular weight is 172 g/mol. The first-order valence-corrected chi connectivity index (χ1v) is 4.41. The molecule has 0 aliphatic carbocycles. The van der Waals surface area contributed by atoms with Crippen LogP contribution in [0, 0.1) is 6.92 Å². The van der Waals surface area contributed by atoms with Gasteiger partial charge in [-0.25, -0.2) is 0 Å². The highest BCUT2D eigenvalue weighted by molar-refractivity contribution is 5.28. The van der Waals surface area contributed by atoms with Gasteiger partial charge in [0.2, 0.25) is 0 Å². The van der Waals surface area contributed by atoms with Crippen LogP contribution in [0.5, 0.6) is 0 Å². The Kier molecular flexibility index (Phi) is 2.17. The lowest BCUT2D eigenvalue weighted by Gasteiger charge is -2.15. The molecule has 1 aromatic rings. The van der Waals surface area contributed by atoms with E-state index in [0.717, 1.165) is 0 Å². The lowest BCUT2D eigenvalue weighted by molar-refractivity contribution is 0.186. The van der Waals surface area contributed by atoms with Crippen LogP contribution in [0.4, 0.5) is 0 Å². The first-order valence-electron chi connectivity index (χ1n) is 4.41. The summed E-state index contributed by atoms with van der Waals surface area (Å²) in [7, 11) is 0. The number of allylic oxidation sites excluding steroid dienone is 2. The molecule has 1 heteroatoms. The molecule has 13 heavy (non-hydrogen) atoms. The molecule has 0 N–H and O–H groups in total. The molecular weight excluding hydrogens is 160 g/mol. The summed E-state index contributed by atoms with van der Waals surface area (Å²) in [6.45, 7) is 2.09. The van der Waals surface area contributed by atoms with Gasteiger partial charge in [0.1, 0.15) is 6.10 Å². The van der Waals surface area contributed by atoms with Gasteiger partial charge in [-0.1, -0.05) is 35.9 Å². The molecule has 0 aromatic heterocycles. The van der Waals surface area contributed by atoms with Crippen LogP contribution in [-0.2, 0) is 4.74 Å². The fourth-order valence-corrected chi connectivity index (χ4v) is 1.42. The molecule has 0 spiro atoms. The molecule has 1 aliphatic heterocycles. The Balaban J connectivity index is 2.25. The van der Waals surface area contributed by atoms with Crippen LogP contribution in [-0.4, -0.2) is 0 Å². The fourth-order valence-electron chi connectivity index (χ4n) is 1.42. The van der Waals surface area contributed by atoms with Gasteiger partial charge in [0.25, 0.3) is 0 Å². The average Bonchev–Trinajstić information content (AvgIpc) is 2.19. The normalized spacial score (nSPS) is 19.9. The van der Waals surface area contributed by atoms with Crippen LogP contribution in [0.1, 0.15) is 17.2 Å². The molecule has 0 unspecified atom stereocenters. The van der Waals surface area contributed by atoms with E-state index in [1.807, 2.05) is 12.2 Å². The summed E-state index contributed by atoms with van der Waals surface area (Å²) < 4.78 is 5.45. The highest BCUT2D eigenvalue weighted by Crippen LogP contribution is 2.22. The zero-order valence-electron chi connectivity index (χ0n) is 7.60. The van der Waals surface area contributed by atoms with E-state index in [1.165, 1.54) is 11.1 Å². The molecule has 1 atom stereocenters. The van der Waals surface area contributed by atoms with Crippen LogP contribution in [0.15, 0.2) is 48.8 Å². The molecule has 2 rings (SSSR count). The maximum Gasteiger partial charge on any atom is 0.141 e. The predicted octanol–water partition coefficient (Wildman–Crippen LogP) is 3.14. The maximum absolute atomic E-state index is 5.45. The van der Waals surface area contributed by atoms with Crippen molar-refractivity contribution in [1.29, 1.82) is 0 Å². The van der Waals surface area contributed by atoms with Crippen LogP contribution < -0.4 is 0 Å². The Morgan fingerprint density at radius 1 is 1.23 bits per heavy atom. The van der Waals surface area contributed by atoms with Crippen molar-refractivity contribution >= 4 is 0 Å². The molecule has 0 saturated heterocycles. The van der Waals surface area contributed by atoms with Gasteiger partial charge in [-0.05, 0) is 24.6 Å². The number of ether oxygens (including phenoxy) is 1. The van der Waals surface area contributed by atoms with Crippen LogP contribution in [0.25, 0.3) is 0 Å². The van der Waals surface area contributed by atoms with Crippen molar-refractivity contribution in [3.8, 4) is 0 Å². The topological polar surface area (TPSA) is 9.23 Å². The highest BCUT2D eigenvalue weighted by Gasteiger charge is 2.08. The van der Waals surface area contributed by atoms with E-state index >= 15 is 0 Å². The molecule has 66 valence electrons. The molecule has 0 radical (unpaired) electrons. The van der Waals surface area contributed by atoms with Gasteiger partial charge in [-0.2, -0.15) is 0 Å². The second-order valence-electron chi connectivity index (χ2n) is 3.18. The van der Waals surface area contributed by atoms with Crippen molar-refractivity contribution in [3.63, 3.8) is 0 Å². The molecular formula is C12H12O. The Bertz CT molecular complexity index is 350. The van der Waals surface area contributed by atoms with Crippen molar-refractivity contribution < 1.29 is 4.74 Å². The molecule has 1 heterocycles. The van der Waals surface area contributed by atoms with E-state index in [-0.39, 0.29) is 6.10 Å². The summed E-state index contributed by atoms with van der Waals surface area (Å²) in [5, 5.41) is 0. The number of hydrogen-bond donors (Lipinski definition) is 0. The minimum atomic E-state index is 0.0879. The molecule has 1 aliphatic rings. The number of rotatable bonds is 1. The second-order valence-corrected chi connectivity index (χ2v) is 3.18. The zero-order valence-corrected chi connectivity index (χ0v) is 7.60. The first-order chi connectivity index (χ1) is 6.36. The van der Waals surface area contributed by atoms with Gasteiger partial charge in [0.05, 0.1) is 6.26 Å². The van der Waals surface area contributed by atoms with Crippen molar-refractivity contribution in [1.82, 2.24) is 0 Å². The van der Waals surface area contributed by atoms with Gasteiger partial charge in [0.15, 0.2) is 0 Å². The van der Waals surface area contributed by atoms with E-state index in [9.17, 15) is 0 Å². The van der Waals surface area contributed by atoms with Crippen molar-refractivity contribution in [2.45, 2.75) is 13.0 Å². The van der Waals surface area contributed by atoms with Gasteiger partial charge in [-0.3, -0.25) is 0 Å². The standard InChI is InChI=1S/C12H12O/c1-10-5-4-6-11(9-10)12-7-2-3-8-13-12/h2-9,12H,1H3/t12-/m1/s1. The monoisotopic (exact) mass is 172 g/mol. The van der Waals surface area contributed by atoms with E-state index in [0.29, 0.717) is 0 Å². The summed E-state index contributed by atoms with van der Waals surface area (Å²) >= 11 is 0. The third kappa shape index (κ3) is 1.81. The highest BCUT2D eigenvalue weighted by atomic mass is 16.5. The lowest BCUT2D eigenvalue weighted by Crippen LogP contribution is -1.99. The summed E-state index contributed by atoms with van der Waals surface area (Å²) in [4.78, 5) is 0. The minimum absolute atomic E-state index is 0.0879. The van der Waals surface area contributed by atoms with Gasteiger partial charge < -0.3 is 4.74 Å². The zero-order chi connectivity index (χ0) is 9.10. The Morgan fingerprint density at radius 3 is 2.85 bits per heavy atom. The number of hydrogen-bond acceptors (Lipinski definition) is 1. The molecule has 0 fully saturated rings. The van der Waals surface area contributed by atoms with Crippen LogP contribution >= 0.6 is 0 Å². The third-order valence-corrected chi connectivity index (χ3v) is 2.07. The smallest absolute Gasteiger partial charge is 0.141 e. The van der Waals surface area contributed by atoms with Gasteiger partial charge in [0, 0.05) is 0 Å². The van der Waals surface area contributed by atoms with Gasteiger partial charge >= 0.3 is 0 Å². The summed E-state index contributed by atoms with van der Waals surface area (Å²) in [5.41, 5.74) is 2.48. The number of aryl methyl sites for hydroxylation is 1. The molecule has 0 saturated carbocycles. The minimum Gasteiger partial charge on any atom is -0.489 e. The third-order valence-electron chi connectivity index (χ3n) is 2.07. The molecule has 0 bridgehead atoms. The summed E-state index contributed by atoms with van der Waals surface area (Å²) in [5.74, 6) is 0. The first kappa shape index (κ1) is 8.11. The summed E-state index contributed by atoms with van der Waals surface area (Å²) in [6.07, 6.45) is 7.77. The largest absolute Gasteiger partial charge is 0.489 e. The molecule has 1 aromatic carbocycles. The molecule has 1 nitrogen and oxygen atoms in total. The van der Waals surface area contributed by atoms with E-state index in [1.54, 1.807) is 6.26 Å². The Hall–Kier alpha value is -1.50. The fraction of sp³-hybridized carbons (Fsp3) is 0.167. The van der Waals surface area contributed by atoms with E-state index < -0.39 is 0 Å². The summed E-state index contributed by atoms with van der Waals surface area (Å²) in [6, 6.07) is 8.38.